The van der Waals surface area contributed by atoms with Crippen molar-refractivity contribution in [2.45, 2.75) is 18.9 Å². The van der Waals surface area contributed by atoms with Crippen LogP contribution in [0.5, 0.6) is 0 Å². The lowest BCUT2D eigenvalue weighted by Crippen LogP contribution is -2.43. The maximum Gasteiger partial charge on any atom is 0.254 e. The zero-order valence-corrected chi connectivity index (χ0v) is 17.0. The summed E-state index contributed by atoms with van der Waals surface area (Å²) in [6, 6.07) is 19.8. The Hall–Kier alpha value is -3.87. The van der Waals surface area contributed by atoms with Crippen LogP contribution in [0.25, 0.3) is 11.0 Å². The lowest BCUT2D eigenvalue weighted by atomic mass is 9.96. The van der Waals surface area contributed by atoms with Gasteiger partial charge in [-0.2, -0.15) is 0 Å². The van der Waals surface area contributed by atoms with Crippen LogP contribution in [0.1, 0.15) is 21.5 Å². The minimum atomic E-state index is -0.814. The second kappa shape index (κ2) is 8.87. The van der Waals surface area contributed by atoms with E-state index in [1.807, 2.05) is 48.5 Å². The maximum absolute atomic E-state index is 14.1. The van der Waals surface area contributed by atoms with Gasteiger partial charge in [-0.25, -0.2) is 9.07 Å². The van der Waals surface area contributed by atoms with Gasteiger partial charge in [-0.15, -0.1) is 5.10 Å². The van der Waals surface area contributed by atoms with E-state index >= 15 is 0 Å². The normalized spacial score (nSPS) is 11.9. The number of hydrogen-bond donors (Lipinski definition) is 1. The maximum atomic E-state index is 14.1. The molecule has 156 valence electrons. The third kappa shape index (κ3) is 4.50. The largest absolute Gasteiger partial charge is 0.342 e. The number of nitrogens with one attached hydrogen (secondary N) is 1. The fourth-order valence-electron chi connectivity index (χ4n) is 3.62. The van der Waals surface area contributed by atoms with Crippen LogP contribution in [0.3, 0.4) is 0 Å². The molecule has 0 fully saturated rings. The average molecular weight is 416 g/mol. The molecule has 31 heavy (non-hydrogen) atoms. The Balaban J connectivity index is 1.61. The number of amides is 1. The summed E-state index contributed by atoms with van der Waals surface area (Å²) in [6.45, 7) is 0. The quantitative estimate of drug-likeness (QED) is 0.502. The van der Waals surface area contributed by atoms with Crippen molar-refractivity contribution >= 4 is 22.7 Å². The SMILES string of the molecule is Cn1nnc2cccc(CC(=O)C(Cc3ccccc3)NC(=O)c3ccccc3F)c21. The van der Waals surface area contributed by atoms with Gasteiger partial charge in [0.05, 0.1) is 17.1 Å². The van der Waals surface area contributed by atoms with Crippen molar-refractivity contribution in [3.8, 4) is 0 Å². The molecule has 4 rings (SSSR count). The number of Topliss-reactive ketones (excluding diaryl/α,β-unsaturated/α-hetero) is 1. The molecule has 0 bridgehead atoms. The molecular formula is C24H21FN4O2. The average Bonchev–Trinajstić information content (AvgIpc) is 3.16. The van der Waals surface area contributed by atoms with Crippen LogP contribution < -0.4 is 5.32 Å². The second-order valence-corrected chi connectivity index (χ2v) is 7.34. The van der Waals surface area contributed by atoms with Gasteiger partial charge in [-0.1, -0.05) is 59.8 Å². The Kier molecular flexibility index (Phi) is 5.84. The zero-order valence-electron chi connectivity index (χ0n) is 17.0. The highest BCUT2D eigenvalue weighted by atomic mass is 19.1. The zero-order chi connectivity index (χ0) is 21.8. The van der Waals surface area contributed by atoms with Crippen LogP contribution in [0.15, 0.2) is 72.8 Å². The van der Waals surface area contributed by atoms with E-state index in [4.69, 9.17) is 0 Å². The lowest BCUT2D eigenvalue weighted by Gasteiger charge is -2.19. The first-order valence-corrected chi connectivity index (χ1v) is 9.92. The number of aromatic nitrogens is 3. The van der Waals surface area contributed by atoms with E-state index in [0.717, 1.165) is 16.6 Å². The molecule has 1 heterocycles. The van der Waals surface area contributed by atoms with Crippen LogP contribution in [-0.2, 0) is 24.7 Å². The first kappa shape index (κ1) is 20.4. The van der Waals surface area contributed by atoms with E-state index in [9.17, 15) is 14.0 Å². The molecule has 0 spiro atoms. The molecule has 1 unspecified atom stereocenters. The number of rotatable bonds is 7. The monoisotopic (exact) mass is 416 g/mol. The second-order valence-electron chi connectivity index (χ2n) is 7.34. The highest BCUT2D eigenvalue weighted by Gasteiger charge is 2.24. The molecule has 0 aliphatic rings. The Bertz CT molecular complexity index is 1240. The molecule has 0 saturated heterocycles. The summed E-state index contributed by atoms with van der Waals surface area (Å²) in [4.78, 5) is 26.0. The van der Waals surface area contributed by atoms with Crippen molar-refractivity contribution < 1.29 is 14.0 Å². The van der Waals surface area contributed by atoms with Crippen molar-refractivity contribution in [1.29, 1.82) is 0 Å². The summed E-state index contributed by atoms with van der Waals surface area (Å²) in [5.41, 5.74) is 3.05. The van der Waals surface area contributed by atoms with Gasteiger partial charge in [0.15, 0.2) is 5.78 Å². The van der Waals surface area contributed by atoms with Gasteiger partial charge in [0.1, 0.15) is 11.3 Å². The molecule has 1 atom stereocenters. The molecule has 1 aromatic heterocycles. The van der Waals surface area contributed by atoms with Gasteiger partial charge in [0, 0.05) is 13.5 Å². The fourth-order valence-corrected chi connectivity index (χ4v) is 3.62. The summed E-state index contributed by atoms with van der Waals surface area (Å²) in [7, 11) is 1.77. The number of aryl methyl sites for hydroxylation is 1. The number of para-hydroxylation sites is 1. The Morgan fingerprint density at radius 1 is 1.00 bits per heavy atom. The molecule has 1 amide bonds. The first-order chi connectivity index (χ1) is 15.0. The van der Waals surface area contributed by atoms with Crippen molar-refractivity contribution in [2.24, 2.45) is 7.05 Å². The standard InChI is InChI=1S/C24H21FN4O2/c1-29-23-17(10-7-13-20(23)27-28-29)15-22(30)21(14-16-8-3-2-4-9-16)26-24(31)18-11-5-6-12-19(18)25/h2-13,21H,14-15H2,1H3,(H,26,31). The number of ketones is 1. The summed E-state index contributed by atoms with van der Waals surface area (Å²) in [5, 5.41) is 10.8. The van der Waals surface area contributed by atoms with E-state index in [1.54, 1.807) is 17.8 Å². The van der Waals surface area contributed by atoms with Gasteiger partial charge in [-0.3, -0.25) is 9.59 Å². The molecule has 3 aromatic carbocycles. The summed E-state index contributed by atoms with van der Waals surface area (Å²) >= 11 is 0. The number of carbonyl (C=O) groups is 2. The summed E-state index contributed by atoms with van der Waals surface area (Å²) < 4.78 is 15.7. The third-order valence-corrected chi connectivity index (χ3v) is 5.17. The van der Waals surface area contributed by atoms with Crippen molar-refractivity contribution in [1.82, 2.24) is 20.3 Å². The predicted molar refractivity (Wildman–Crippen MR) is 115 cm³/mol. The van der Waals surface area contributed by atoms with Crippen LogP contribution in [-0.4, -0.2) is 32.7 Å². The minimum Gasteiger partial charge on any atom is -0.342 e. The number of fused-ring (bicyclic) bond motifs is 1. The lowest BCUT2D eigenvalue weighted by molar-refractivity contribution is -0.120. The Morgan fingerprint density at radius 3 is 2.52 bits per heavy atom. The highest BCUT2D eigenvalue weighted by Crippen LogP contribution is 2.18. The molecule has 4 aromatic rings. The van der Waals surface area contributed by atoms with Gasteiger partial charge in [0.2, 0.25) is 0 Å². The smallest absolute Gasteiger partial charge is 0.254 e. The van der Waals surface area contributed by atoms with Crippen LogP contribution in [0.2, 0.25) is 0 Å². The predicted octanol–water partition coefficient (Wildman–Crippen LogP) is 3.26. The molecule has 0 aliphatic heterocycles. The fraction of sp³-hybridized carbons (Fsp3) is 0.167. The van der Waals surface area contributed by atoms with Gasteiger partial charge in [-0.05, 0) is 35.7 Å². The Labute approximate surface area is 178 Å². The first-order valence-electron chi connectivity index (χ1n) is 9.92. The van der Waals surface area contributed by atoms with E-state index < -0.39 is 17.8 Å². The van der Waals surface area contributed by atoms with Gasteiger partial charge in [0.25, 0.3) is 5.91 Å². The van der Waals surface area contributed by atoms with Crippen LogP contribution in [0, 0.1) is 5.82 Å². The van der Waals surface area contributed by atoms with Gasteiger partial charge < -0.3 is 5.32 Å². The number of halogens is 1. The van der Waals surface area contributed by atoms with Gasteiger partial charge >= 0.3 is 0 Å². The van der Waals surface area contributed by atoms with E-state index in [-0.39, 0.29) is 17.8 Å². The summed E-state index contributed by atoms with van der Waals surface area (Å²) in [5.74, 6) is -1.42. The van der Waals surface area contributed by atoms with Crippen LogP contribution in [0.4, 0.5) is 4.39 Å². The highest BCUT2D eigenvalue weighted by molar-refractivity contribution is 5.99. The van der Waals surface area contributed by atoms with Crippen molar-refractivity contribution in [3.63, 3.8) is 0 Å². The molecule has 0 radical (unpaired) electrons. The number of carbonyl (C=O) groups excluding carboxylic acids is 2. The molecule has 0 aliphatic carbocycles. The molecule has 0 saturated carbocycles. The van der Waals surface area contributed by atoms with Crippen molar-refractivity contribution in [2.75, 3.05) is 0 Å². The number of nitrogens with zero attached hydrogens (tertiary/aromatic N) is 3. The molecule has 6 nitrogen and oxygen atoms in total. The van der Waals surface area contributed by atoms with E-state index in [1.165, 1.54) is 18.2 Å². The molecular weight excluding hydrogens is 395 g/mol. The van der Waals surface area contributed by atoms with Crippen LogP contribution >= 0.6 is 0 Å². The van der Waals surface area contributed by atoms with Crippen molar-refractivity contribution in [3.05, 3.63) is 95.3 Å². The number of hydrogen-bond acceptors (Lipinski definition) is 4. The Morgan fingerprint density at radius 2 is 1.74 bits per heavy atom. The minimum absolute atomic E-state index is 0.0909. The molecule has 1 N–H and O–H groups in total. The summed E-state index contributed by atoms with van der Waals surface area (Å²) in [6.07, 6.45) is 0.396. The van der Waals surface area contributed by atoms with E-state index in [0.29, 0.717) is 11.9 Å². The third-order valence-electron chi connectivity index (χ3n) is 5.17. The topological polar surface area (TPSA) is 76.9 Å². The van der Waals surface area contributed by atoms with E-state index in [2.05, 4.69) is 15.6 Å². The molecule has 7 heteroatoms. The number of benzene rings is 3.